The van der Waals surface area contributed by atoms with Crippen molar-refractivity contribution in [1.82, 2.24) is 19.6 Å². The number of rotatable bonds is 4. The van der Waals surface area contributed by atoms with Crippen molar-refractivity contribution in [2.45, 2.75) is 19.9 Å². The molecule has 0 N–H and O–H groups in total. The molecule has 2 heterocycles. The van der Waals surface area contributed by atoms with Crippen molar-refractivity contribution in [3.8, 4) is 5.69 Å². The summed E-state index contributed by atoms with van der Waals surface area (Å²) in [4.78, 5) is 17.6. The van der Waals surface area contributed by atoms with Gasteiger partial charge in [0, 0.05) is 37.7 Å². The second-order valence-electron chi connectivity index (χ2n) is 7.44. The van der Waals surface area contributed by atoms with Gasteiger partial charge >= 0.3 is 0 Å². The van der Waals surface area contributed by atoms with Crippen LogP contribution < -0.4 is 0 Å². The largest absolute Gasteiger partial charge is 0.337 e. The quantitative estimate of drug-likeness (QED) is 0.650. The SMILES string of the molecule is Cc1c(C(=O)N2CCCN(Cc3ccccc3)CC2)cnn1-c1cccc(Cl)c1. The van der Waals surface area contributed by atoms with Crippen molar-refractivity contribution < 1.29 is 4.79 Å². The van der Waals surface area contributed by atoms with E-state index in [-0.39, 0.29) is 5.91 Å². The molecule has 1 aromatic heterocycles. The molecule has 6 heteroatoms. The van der Waals surface area contributed by atoms with Gasteiger partial charge in [0.2, 0.25) is 0 Å². The second-order valence-corrected chi connectivity index (χ2v) is 7.88. The Bertz CT molecular complexity index is 986. The standard InChI is InChI=1S/C23H25ClN4O/c1-18-22(16-25-28(18)21-10-5-9-20(24)15-21)23(29)27-12-6-11-26(13-14-27)17-19-7-3-2-4-8-19/h2-5,7-10,15-16H,6,11-14,17H2,1H3. The fourth-order valence-electron chi connectivity index (χ4n) is 3.83. The van der Waals surface area contributed by atoms with Gasteiger partial charge in [0.05, 0.1) is 23.1 Å². The second kappa shape index (κ2) is 8.80. The summed E-state index contributed by atoms with van der Waals surface area (Å²) >= 11 is 6.11. The Morgan fingerprint density at radius 3 is 2.66 bits per heavy atom. The van der Waals surface area contributed by atoms with Crippen LogP contribution in [0, 0.1) is 6.92 Å². The van der Waals surface area contributed by atoms with E-state index in [0.717, 1.165) is 50.5 Å². The van der Waals surface area contributed by atoms with Gasteiger partial charge in [0.25, 0.3) is 5.91 Å². The number of carbonyl (C=O) groups excluding carboxylic acids is 1. The molecule has 1 fully saturated rings. The normalized spacial score (nSPS) is 15.3. The summed E-state index contributed by atoms with van der Waals surface area (Å²) in [5, 5.41) is 5.09. The Kier molecular flexibility index (Phi) is 5.97. The minimum Gasteiger partial charge on any atom is -0.337 e. The third-order valence-corrected chi connectivity index (χ3v) is 5.65. The predicted octanol–water partition coefficient (Wildman–Crippen LogP) is 4.18. The maximum Gasteiger partial charge on any atom is 0.257 e. The molecule has 0 radical (unpaired) electrons. The molecule has 1 aliphatic rings. The molecule has 0 bridgehead atoms. The first-order valence-corrected chi connectivity index (χ1v) is 10.4. The molecule has 150 valence electrons. The lowest BCUT2D eigenvalue weighted by atomic mass is 10.2. The minimum absolute atomic E-state index is 0.0531. The molecule has 0 spiro atoms. The lowest BCUT2D eigenvalue weighted by Gasteiger charge is -2.22. The molecule has 1 aliphatic heterocycles. The van der Waals surface area contributed by atoms with Crippen LogP contribution in [0.25, 0.3) is 5.69 Å². The number of nitrogens with zero attached hydrogens (tertiary/aromatic N) is 4. The van der Waals surface area contributed by atoms with Gasteiger partial charge in [-0.05, 0) is 37.1 Å². The number of hydrogen-bond acceptors (Lipinski definition) is 3. The van der Waals surface area contributed by atoms with Crippen LogP contribution in [-0.2, 0) is 6.54 Å². The third kappa shape index (κ3) is 4.52. The average molecular weight is 409 g/mol. The fraction of sp³-hybridized carbons (Fsp3) is 0.304. The summed E-state index contributed by atoms with van der Waals surface area (Å²) in [5.74, 6) is 0.0531. The molecule has 2 aromatic carbocycles. The molecular weight excluding hydrogens is 384 g/mol. The van der Waals surface area contributed by atoms with Gasteiger partial charge in [0.15, 0.2) is 0 Å². The molecule has 0 saturated carbocycles. The molecular formula is C23H25ClN4O. The van der Waals surface area contributed by atoms with Gasteiger partial charge in [-0.15, -0.1) is 0 Å². The average Bonchev–Trinajstić information content (AvgIpc) is 2.96. The first kappa shape index (κ1) is 19.7. The highest BCUT2D eigenvalue weighted by Crippen LogP contribution is 2.20. The number of hydrogen-bond donors (Lipinski definition) is 0. The van der Waals surface area contributed by atoms with Gasteiger partial charge < -0.3 is 4.90 Å². The van der Waals surface area contributed by atoms with Crippen LogP contribution in [0.4, 0.5) is 0 Å². The molecule has 3 aromatic rings. The number of halogens is 1. The summed E-state index contributed by atoms with van der Waals surface area (Å²) in [7, 11) is 0. The van der Waals surface area contributed by atoms with Gasteiger partial charge in [-0.25, -0.2) is 4.68 Å². The van der Waals surface area contributed by atoms with E-state index in [1.54, 1.807) is 10.9 Å². The zero-order valence-corrected chi connectivity index (χ0v) is 17.3. The van der Waals surface area contributed by atoms with Gasteiger partial charge in [-0.1, -0.05) is 48.0 Å². The van der Waals surface area contributed by atoms with E-state index < -0.39 is 0 Å². The van der Waals surface area contributed by atoms with Crippen molar-refractivity contribution in [3.63, 3.8) is 0 Å². The van der Waals surface area contributed by atoms with Crippen LogP contribution in [0.3, 0.4) is 0 Å². The molecule has 0 aliphatic carbocycles. The number of benzene rings is 2. The molecule has 0 atom stereocenters. The molecule has 1 amide bonds. The number of carbonyl (C=O) groups is 1. The van der Waals surface area contributed by atoms with E-state index in [1.807, 2.05) is 42.2 Å². The Balaban J connectivity index is 1.45. The lowest BCUT2D eigenvalue weighted by Crippen LogP contribution is -2.35. The Morgan fingerprint density at radius 2 is 1.86 bits per heavy atom. The highest BCUT2D eigenvalue weighted by Gasteiger charge is 2.24. The van der Waals surface area contributed by atoms with Gasteiger partial charge in [-0.2, -0.15) is 5.10 Å². The van der Waals surface area contributed by atoms with Crippen LogP contribution in [0.2, 0.25) is 5.02 Å². The van der Waals surface area contributed by atoms with E-state index >= 15 is 0 Å². The van der Waals surface area contributed by atoms with E-state index in [4.69, 9.17) is 11.6 Å². The van der Waals surface area contributed by atoms with Crippen molar-refractivity contribution in [2.24, 2.45) is 0 Å². The highest BCUT2D eigenvalue weighted by atomic mass is 35.5. The molecule has 1 saturated heterocycles. The Labute approximate surface area is 176 Å². The monoisotopic (exact) mass is 408 g/mol. The van der Waals surface area contributed by atoms with Crippen molar-refractivity contribution in [3.05, 3.63) is 82.6 Å². The zero-order valence-electron chi connectivity index (χ0n) is 16.6. The first-order valence-electron chi connectivity index (χ1n) is 9.98. The fourth-order valence-corrected chi connectivity index (χ4v) is 4.02. The number of amides is 1. The molecule has 5 nitrogen and oxygen atoms in total. The minimum atomic E-state index is 0.0531. The summed E-state index contributed by atoms with van der Waals surface area (Å²) in [5.41, 5.74) is 3.66. The number of aromatic nitrogens is 2. The van der Waals surface area contributed by atoms with E-state index in [2.05, 4.69) is 34.3 Å². The summed E-state index contributed by atoms with van der Waals surface area (Å²) in [6.07, 6.45) is 2.64. The maximum absolute atomic E-state index is 13.2. The summed E-state index contributed by atoms with van der Waals surface area (Å²) in [6.45, 7) is 6.23. The van der Waals surface area contributed by atoms with Crippen LogP contribution >= 0.6 is 11.6 Å². The molecule has 0 unspecified atom stereocenters. The van der Waals surface area contributed by atoms with Gasteiger partial charge in [-0.3, -0.25) is 9.69 Å². The lowest BCUT2D eigenvalue weighted by molar-refractivity contribution is 0.0760. The summed E-state index contributed by atoms with van der Waals surface area (Å²) < 4.78 is 1.78. The molecule has 29 heavy (non-hydrogen) atoms. The molecule has 4 rings (SSSR count). The maximum atomic E-state index is 13.2. The van der Waals surface area contributed by atoms with E-state index in [1.165, 1.54) is 5.56 Å². The smallest absolute Gasteiger partial charge is 0.257 e. The van der Waals surface area contributed by atoms with Crippen molar-refractivity contribution in [2.75, 3.05) is 26.2 Å². The van der Waals surface area contributed by atoms with Crippen LogP contribution in [-0.4, -0.2) is 51.7 Å². The summed E-state index contributed by atoms with van der Waals surface area (Å²) in [6, 6.07) is 18.0. The van der Waals surface area contributed by atoms with Crippen molar-refractivity contribution in [1.29, 1.82) is 0 Å². The highest BCUT2D eigenvalue weighted by molar-refractivity contribution is 6.30. The predicted molar refractivity (Wildman–Crippen MR) is 116 cm³/mol. The van der Waals surface area contributed by atoms with Crippen LogP contribution in [0.15, 0.2) is 60.8 Å². The third-order valence-electron chi connectivity index (χ3n) is 5.42. The first-order chi connectivity index (χ1) is 14.1. The van der Waals surface area contributed by atoms with E-state index in [9.17, 15) is 4.79 Å². The topological polar surface area (TPSA) is 41.4 Å². The Hall–Kier alpha value is -2.63. The van der Waals surface area contributed by atoms with Crippen LogP contribution in [0.1, 0.15) is 28.0 Å². The Morgan fingerprint density at radius 1 is 1.03 bits per heavy atom. The van der Waals surface area contributed by atoms with Crippen LogP contribution in [0.5, 0.6) is 0 Å². The van der Waals surface area contributed by atoms with Gasteiger partial charge in [0.1, 0.15) is 0 Å². The van der Waals surface area contributed by atoms with Crippen molar-refractivity contribution >= 4 is 17.5 Å². The zero-order chi connectivity index (χ0) is 20.2. The van der Waals surface area contributed by atoms with E-state index in [0.29, 0.717) is 10.6 Å².